The number of β-lactam (4-membered cyclic amide) rings is 1. The first-order valence-corrected chi connectivity index (χ1v) is 12.2. The van der Waals surface area contributed by atoms with E-state index in [1.807, 2.05) is 5.32 Å². The number of hydrogen-bond acceptors (Lipinski definition) is 13. The quantitative estimate of drug-likeness (QED) is 0.0769. The van der Waals surface area contributed by atoms with Gasteiger partial charge in [-0.2, -0.15) is 21.1 Å². The van der Waals surface area contributed by atoms with Crippen molar-refractivity contribution in [3.8, 4) is 0 Å². The van der Waals surface area contributed by atoms with Gasteiger partial charge in [-0.15, -0.1) is 11.3 Å². The summed E-state index contributed by atoms with van der Waals surface area (Å²) in [7, 11) is -10.6. The van der Waals surface area contributed by atoms with Gasteiger partial charge in [-0.1, -0.05) is 5.16 Å². The number of aromatic nitrogens is 1. The molecule has 0 aliphatic carbocycles. The van der Waals surface area contributed by atoms with Crippen molar-refractivity contribution in [3.05, 3.63) is 11.1 Å². The molecule has 1 aliphatic heterocycles. The molecule has 0 saturated carbocycles. The zero-order valence-electron chi connectivity index (χ0n) is 16.9. The molecule has 1 aromatic rings. The highest BCUT2D eigenvalue weighted by Gasteiger charge is 2.58. The van der Waals surface area contributed by atoms with Crippen LogP contribution in [0.3, 0.4) is 0 Å². The monoisotopic (exact) mass is 544 g/mol. The summed E-state index contributed by atoms with van der Waals surface area (Å²) < 4.78 is 63.0. The molecule has 0 aromatic carbocycles. The van der Waals surface area contributed by atoms with Crippen molar-refractivity contribution in [2.24, 2.45) is 5.16 Å². The van der Waals surface area contributed by atoms with Crippen LogP contribution >= 0.6 is 11.3 Å². The van der Waals surface area contributed by atoms with Gasteiger partial charge in [0.2, 0.25) is 5.60 Å². The highest BCUT2D eigenvalue weighted by atomic mass is 32.2. The maximum absolute atomic E-state index is 12.8. The lowest BCUT2D eigenvalue weighted by Gasteiger charge is -2.42. The van der Waals surface area contributed by atoms with Gasteiger partial charge >= 0.3 is 26.6 Å². The first kappa shape index (κ1) is 26.8. The van der Waals surface area contributed by atoms with Crippen molar-refractivity contribution in [3.63, 3.8) is 0 Å². The Kier molecular flexibility index (Phi) is 7.18. The summed E-state index contributed by atoms with van der Waals surface area (Å²) in [5, 5.41) is 15.5. The van der Waals surface area contributed by atoms with Gasteiger partial charge in [0.05, 0.1) is 0 Å². The van der Waals surface area contributed by atoms with E-state index in [-0.39, 0.29) is 10.8 Å². The predicted molar refractivity (Wildman–Crippen MR) is 110 cm³/mol. The number of oxime groups is 1. The van der Waals surface area contributed by atoms with Crippen LogP contribution in [0.5, 0.6) is 0 Å². The lowest BCUT2D eigenvalue weighted by Crippen LogP contribution is -2.76. The molecule has 2 rings (SSSR count). The SMILES string of the molecule is CC(C)(ON=C(C(=O)NC1C(=O)N(S(=O)(=O)O)C1C(=O)NS(=O)(=O)O)c1csc(N)n1)C(=O)O. The van der Waals surface area contributed by atoms with Crippen molar-refractivity contribution in [2.45, 2.75) is 31.5 Å². The Morgan fingerprint density at radius 1 is 1.26 bits per heavy atom. The smallest absolute Gasteiger partial charge is 0.363 e. The van der Waals surface area contributed by atoms with Crippen molar-refractivity contribution < 1.29 is 55.1 Å². The minimum absolute atomic E-state index is 0.0596. The maximum Gasteiger partial charge on any atom is 0.363 e. The average molecular weight is 545 g/mol. The van der Waals surface area contributed by atoms with Crippen LogP contribution in [0, 0.1) is 0 Å². The van der Waals surface area contributed by atoms with Crippen molar-refractivity contribution >= 4 is 66.5 Å². The van der Waals surface area contributed by atoms with Crippen molar-refractivity contribution in [2.75, 3.05) is 5.73 Å². The number of carboxylic acid groups (broad SMARTS) is 1. The highest BCUT2D eigenvalue weighted by molar-refractivity contribution is 7.84. The molecule has 0 radical (unpaired) electrons. The lowest BCUT2D eigenvalue weighted by atomic mass is 9.98. The third kappa shape index (κ3) is 5.93. The molecular weight excluding hydrogens is 528 g/mol. The van der Waals surface area contributed by atoms with Crippen LogP contribution in [0.4, 0.5) is 5.13 Å². The predicted octanol–water partition coefficient (Wildman–Crippen LogP) is -3.27. The van der Waals surface area contributed by atoms with Gasteiger partial charge in [-0.3, -0.25) is 23.5 Å². The fourth-order valence-electron chi connectivity index (χ4n) is 2.32. The molecule has 7 N–H and O–H groups in total. The molecule has 18 nitrogen and oxygen atoms in total. The molecule has 1 aromatic heterocycles. The maximum atomic E-state index is 12.8. The molecule has 2 unspecified atom stereocenters. The molecule has 2 heterocycles. The van der Waals surface area contributed by atoms with Crippen LogP contribution in [-0.4, -0.2) is 87.4 Å². The second kappa shape index (κ2) is 9.09. The second-order valence-electron chi connectivity index (χ2n) is 6.87. The number of hydrogen-bond donors (Lipinski definition) is 6. The summed E-state index contributed by atoms with van der Waals surface area (Å²) in [5.41, 5.74) is 2.53. The third-order valence-corrected chi connectivity index (χ3v) is 5.98. The number of aliphatic carboxylic acids is 1. The molecule has 1 saturated heterocycles. The summed E-state index contributed by atoms with van der Waals surface area (Å²) >= 11 is 0.832. The molecule has 34 heavy (non-hydrogen) atoms. The summed E-state index contributed by atoms with van der Waals surface area (Å²) in [6, 6.07) is -4.42. The topological polar surface area (TPSA) is 285 Å². The molecule has 0 spiro atoms. The third-order valence-electron chi connectivity index (χ3n) is 3.94. The van der Waals surface area contributed by atoms with Crippen molar-refractivity contribution in [1.29, 1.82) is 0 Å². The molecule has 1 aliphatic rings. The van der Waals surface area contributed by atoms with Gasteiger partial charge in [0.1, 0.15) is 11.7 Å². The number of nitrogens with two attached hydrogens (primary N) is 1. The molecule has 1 fully saturated rings. The fourth-order valence-corrected chi connectivity index (χ4v) is 4.08. The summed E-state index contributed by atoms with van der Waals surface area (Å²) in [6.07, 6.45) is 0. The van der Waals surface area contributed by atoms with E-state index >= 15 is 0 Å². The van der Waals surface area contributed by atoms with E-state index in [0.29, 0.717) is 0 Å². The lowest BCUT2D eigenvalue weighted by molar-refractivity contribution is -0.161. The van der Waals surface area contributed by atoms with Gasteiger partial charge in [0, 0.05) is 5.38 Å². The van der Waals surface area contributed by atoms with Crippen LogP contribution < -0.4 is 15.8 Å². The van der Waals surface area contributed by atoms with Crippen LogP contribution in [0.2, 0.25) is 0 Å². The largest absolute Gasteiger partial charge is 0.478 e. The number of anilines is 1. The highest BCUT2D eigenvalue weighted by Crippen LogP contribution is 2.24. The molecule has 3 amide bonds. The van der Waals surface area contributed by atoms with Gasteiger partial charge < -0.3 is 21.0 Å². The zero-order chi connectivity index (χ0) is 26.2. The molecular formula is C13H16N6O12S3. The Morgan fingerprint density at radius 3 is 2.29 bits per heavy atom. The van der Waals surface area contributed by atoms with Crippen LogP contribution in [-0.2, 0) is 44.6 Å². The Bertz CT molecular complexity index is 1280. The number of amides is 3. The number of carboxylic acids is 1. The van der Waals surface area contributed by atoms with Gasteiger partial charge in [-0.05, 0) is 13.8 Å². The van der Waals surface area contributed by atoms with Crippen molar-refractivity contribution in [1.82, 2.24) is 19.3 Å². The minimum atomic E-state index is -5.39. The van der Waals surface area contributed by atoms with E-state index in [1.54, 1.807) is 0 Å². The second-order valence-corrected chi connectivity index (χ2v) is 10.2. The Balaban J connectivity index is 2.41. The van der Waals surface area contributed by atoms with E-state index < -0.39 is 72.0 Å². The number of carbonyl (C=O) groups excluding carboxylic acids is 3. The number of rotatable bonds is 9. The van der Waals surface area contributed by atoms with Gasteiger partial charge in [0.15, 0.2) is 16.9 Å². The number of nitrogens with zero attached hydrogens (tertiary/aromatic N) is 3. The van der Waals surface area contributed by atoms with Crippen LogP contribution in [0.25, 0.3) is 0 Å². The number of carbonyl (C=O) groups is 4. The Morgan fingerprint density at radius 2 is 1.85 bits per heavy atom. The van der Waals surface area contributed by atoms with E-state index in [9.17, 15) is 36.0 Å². The molecule has 0 bridgehead atoms. The normalized spacial score (nSPS) is 19.2. The zero-order valence-corrected chi connectivity index (χ0v) is 19.3. The van der Waals surface area contributed by atoms with Gasteiger partial charge in [-0.25, -0.2) is 14.5 Å². The molecule has 21 heteroatoms. The van der Waals surface area contributed by atoms with Gasteiger partial charge in [0.25, 0.3) is 17.7 Å². The van der Waals surface area contributed by atoms with E-state index in [2.05, 4.69) is 10.1 Å². The number of thiazole rings is 1. The average Bonchev–Trinajstić information content (AvgIpc) is 3.07. The van der Waals surface area contributed by atoms with E-state index in [4.69, 9.17) is 24.8 Å². The Labute approximate surface area is 194 Å². The molecule has 2 atom stereocenters. The first-order valence-electron chi connectivity index (χ1n) is 8.46. The molecule has 188 valence electrons. The summed E-state index contributed by atoms with van der Waals surface area (Å²) in [4.78, 5) is 56.9. The van der Waals surface area contributed by atoms with E-state index in [1.165, 1.54) is 5.38 Å². The standard InChI is InChI=1S/C13H16N6O12S3/c1-13(2,11(23)24)31-17-5(4-3-32-12(14)15-4)8(20)16-6-7(9(21)18-33(25,26)27)19(10(6)22)34(28,29)30/h3,6-7H,1-2H3,(H2,14,15)(H,16,20)(H,18,21)(H,23,24)(H,25,26,27)(H,28,29,30). The minimum Gasteiger partial charge on any atom is -0.478 e. The summed E-state index contributed by atoms with van der Waals surface area (Å²) in [6.45, 7) is 2.16. The Hall–Kier alpha value is -3.40. The number of nitrogens with one attached hydrogen (secondary N) is 2. The summed E-state index contributed by atoms with van der Waals surface area (Å²) in [5.74, 6) is -6.20. The first-order chi connectivity index (χ1) is 15.3. The number of nitrogen functional groups attached to an aromatic ring is 1. The van der Waals surface area contributed by atoms with Crippen LogP contribution in [0.1, 0.15) is 19.5 Å². The van der Waals surface area contributed by atoms with E-state index in [0.717, 1.165) is 29.9 Å². The fraction of sp³-hybridized carbons (Fsp3) is 0.385. The van der Waals surface area contributed by atoms with Crippen LogP contribution in [0.15, 0.2) is 10.5 Å².